The fourth-order valence-corrected chi connectivity index (χ4v) is 0.588. The van der Waals surface area contributed by atoms with Gasteiger partial charge in [0.1, 0.15) is 0 Å². The third-order valence-corrected chi connectivity index (χ3v) is 1.11. The van der Waals surface area contributed by atoms with E-state index in [0.29, 0.717) is 6.20 Å². The minimum atomic E-state index is -4.73. The third kappa shape index (κ3) is 1.72. The molecule has 0 amide bonds. The van der Waals surface area contributed by atoms with Crippen LogP contribution < -0.4 is 0 Å². The summed E-state index contributed by atoms with van der Waals surface area (Å²) in [6, 6.07) is 0. The maximum Gasteiger partial charge on any atom is 0.504 e. The van der Waals surface area contributed by atoms with Crippen molar-refractivity contribution in [3.05, 3.63) is 18.0 Å². The van der Waals surface area contributed by atoms with Crippen molar-refractivity contribution in [3.8, 4) is 0 Å². The highest BCUT2D eigenvalue weighted by molar-refractivity contribution is 5.05. The number of alkyl halides is 5. The maximum absolute atomic E-state index is 11.7. The first-order valence-corrected chi connectivity index (χ1v) is 2.81. The van der Waals surface area contributed by atoms with Crippen LogP contribution in [0.2, 0.25) is 0 Å². The van der Waals surface area contributed by atoms with Crippen molar-refractivity contribution in [3.63, 3.8) is 0 Å². The molecule has 2 nitrogen and oxygen atoms in total. The molecule has 7 heteroatoms. The van der Waals surface area contributed by atoms with Crippen LogP contribution in [0.15, 0.2) is 12.4 Å². The Morgan fingerprint density at radius 1 is 1.33 bits per heavy atom. The first-order chi connectivity index (χ1) is 5.41. The topological polar surface area (TPSA) is 17.8 Å². The van der Waals surface area contributed by atoms with Crippen LogP contribution in [0.1, 0.15) is 12.0 Å². The lowest BCUT2D eigenvalue weighted by Gasteiger charge is -2.03. The highest BCUT2D eigenvalue weighted by Gasteiger charge is 2.32. The second kappa shape index (κ2) is 2.72. The smallest absolute Gasteiger partial charge is 0.205 e. The number of nitrogens with zero attached hydrogens (tertiary/aromatic N) is 2. The minimum absolute atomic E-state index is 0.255. The second-order valence-electron chi connectivity index (χ2n) is 1.99. The van der Waals surface area contributed by atoms with E-state index in [0.717, 1.165) is 0 Å². The summed E-state index contributed by atoms with van der Waals surface area (Å²) < 4.78 is 58.2. The molecule has 0 saturated carbocycles. The molecule has 0 aliphatic heterocycles. The lowest BCUT2D eigenvalue weighted by molar-refractivity contribution is -0.212. The molecule has 1 aromatic heterocycles. The number of aromatic nitrogens is 2. The molecule has 1 heterocycles. The van der Waals surface area contributed by atoms with E-state index in [1.165, 1.54) is 0 Å². The average Bonchev–Trinajstić information content (AvgIpc) is 2.30. The second-order valence-corrected chi connectivity index (χ2v) is 1.99. The minimum Gasteiger partial charge on any atom is -0.205 e. The lowest BCUT2D eigenvalue weighted by atomic mass is 10.4. The van der Waals surface area contributed by atoms with Crippen LogP contribution in [-0.2, 0) is 6.30 Å². The Labute approximate surface area is 63.6 Å². The summed E-state index contributed by atoms with van der Waals surface area (Å²) >= 11 is 0. The molecule has 0 aliphatic carbocycles. The normalized spacial score (nSPS) is 12.5. The van der Waals surface area contributed by atoms with Crippen LogP contribution in [0, 0.1) is 0 Å². The molecule has 0 atom stereocenters. The standard InChI is InChI=1S/C5H3F5N2/c6-4(7)3-1-11-12(2-3)5(8,9)10/h1-2,4H. The van der Waals surface area contributed by atoms with E-state index < -0.39 is 23.0 Å². The zero-order valence-electron chi connectivity index (χ0n) is 5.52. The molecule has 0 radical (unpaired) electrons. The SMILES string of the molecule is FC(F)c1cnn(C(F)(F)F)c1. The number of halogens is 5. The van der Waals surface area contributed by atoms with Gasteiger partial charge in [-0.15, -0.1) is 13.2 Å². The predicted octanol–water partition coefficient (Wildman–Crippen LogP) is 2.30. The first kappa shape index (κ1) is 8.95. The maximum atomic E-state index is 11.7. The number of rotatable bonds is 1. The van der Waals surface area contributed by atoms with E-state index in [1.807, 2.05) is 0 Å². The van der Waals surface area contributed by atoms with E-state index in [1.54, 1.807) is 0 Å². The Morgan fingerprint density at radius 2 is 1.92 bits per heavy atom. The highest BCUT2D eigenvalue weighted by atomic mass is 19.4. The van der Waals surface area contributed by atoms with Gasteiger partial charge in [0.15, 0.2) is 0 Å². The molecule has 0 fully saturated rings. The van der Waals surface area contributed by atoms with E-state index in [2.05, 4.69) is 5.10 Å². The van der Waals surface area contributed by atoms with Gasteiger partial charge in [0.25, 0.3) is 6.43 Å². The molecule has 12 heavy (non-hydrogen) atoms. The van der Waals surface area contributed by atoms with Gasteiger partial charge in [-0.05, 0) is 0 Å². The van der Waals surface area contributed by atoms with Crippen molar-refractivity contribution >= 4 is 0 Å². The molecule has 0 spiro atoms. The number of hydrogen-bond donors (Lipinski definition) is 0. The van der Waals surface area contributed by atoms with Crippen LogP contribution in [-0.4, -0.2) is 9.78 Å². The quantitative estimate of drug-likeness (QED) is 0.615. The molecule has 0 aromatic carbocycles. The van der Waals surface area contributed by atoms with E-state index in [-0.39, 0.29) is 6.20 Å². The van der Waals surface area contributed by atoms with Crippen molar-refractivity contribution in [2.24, 2.45) is 0 Å². The molecule has 0 aliphatic rings. The fraction of sp³-hybridized carbons (Fsp3) is 0.400. The molecule has 0 saturated heterocycles. The third-order valence-electron chi connectivity index (χ3n) is 1.11. The van der Waals surface area contributed by atoms with Crippen molar-refractivity contribution in [1.82, 2.24) is 9.78 Å². The average molecular weight is 186 g/mol. The Bertz CT molecular complexity index is 263. The van der Waals surface area contributed by atoms with E-state index in [4.69, 9.17) is 0 Å². The van der Waals surface area contributed by atoms with Gasteiger partial charge < -0.3 is 0 Å². The summed E-state index contributed by atoms with van der Waals surface area (Å²) in [6.45, 7) is 0. The molecule has 0 bridgehead atoms. The van der Waals surface area contributed by atoms with Crippen LogP contribution in [0.3, 0.4) is 0 Å². The van der Waals surface area contributed by atoms with Gasteiger partial charge in [-0.25, -0.2) is 8.78 Å². The fourth-order valence-electron chi connectivity index (χ4n) is 0.588. The zero-order valence-corrected chi connectivity index (χ0v) is 5.52. The monoisotopic (exact) mass is 186 g/mol. The summed E-state index contributed by atoms with van der Waals surface area (Å²) in [4.78, 5) is 0. The summed E-state index contributed by atoms with van der Waals surface area (Å²) in [6.07, 6.45) is -6.92. The molecular weight excluding hydrogens is 183 g/mol. The van der Waals surface area contributed by atoms with Crippen molar-refractivity contribution in [2.45, 2.75) is 12.7 Å². The van der Waals surface area contributed by atoms with Crippen molar-refractivity contribution in [2.75, 3.05) is 0 Å². The Kier molecular flexibility index (Phi) is 2.03. The molecule has 0 N–H and O–H groups in total. The van der Waals surface area contributed by atoms with Crippen LogP contribution in [0.5, 0.6) is 0 Å². The van der Waals surface area contributed by atoms with Gasteiger partial charge >= 0.3 is 6.30 Å². The molecule has 68 valence electrons. The van der Waals surface area contributed by atoms with E-state index in [9.17, 15) is 22.0 Å². The first-order valence-electron chi connectivity index (χ1n) is 2.81. The van der Waals surface area contributed by atoms with Gasteiger partial charge in [-0.1, -0.05) is 0 Å². The summed E-state index contributed by atoms with van der Waals surface area (Å²) in [5.74, 6) is 0. The largest absolute Gasteiger partial charge is 0.504 e. The molecule has 1 rings (SSSR count). The predicted molar refractivity (Wildman–Crippen MR) is 28.5 cm³/mol. The zero-order chi connectivity index (χ0) is 9.35. The Morgan fingerprint density at radius 3 is 2.17 bits per heavy atom. The molecular formula is C5H3F5N2. The van der Waals surface area contributed by atoms with Gasteiger partial charge in [-0.3, -0.25) is 0 Å². The van der Waals surface area contributed by atoms with Gasteiger partial charge in [0.05, 0.1) is 11.8 Å². The van der Waals surface area contributed by atoms with Crippen LogP contribution >= 0.6 is 0 Å². The van der Waals surface area contributed by atoms with Gasteiger partial charge in [0.2, 0.25) is 0 Å². The van der Waals surface area contributed by atoms with Crippen molar-refractivity contribution < 1.29 is 22.0 Å². The van der Waals surface area contributed by atoms with Gasteiger partial charge in [-0.2, -0.15) is 9.78 Å². The number of hydrogen-bond acceptors (Lipinski definition) is 1. The highest BCUT2D eigenvalue weighted by Crippen LogP contribution is 2.24. The molecule has 0 unspecified atom stereocenters. The summed E-state index contributed by atoms with van der Waals surface area (Å²) in [5, 5.41) is 2.72. The summed E-state index contributed by atoms with van der Waals surface area (Å²) in [7, 11) is 0. The van der Waals surface area contributed by atoms with Crippen molar-refractivity contribution in [1.29, 1.82) is 0 Å². The Balaban J connectivity index is 2.92. The van der Waals surface area contributed by atoms with Crippen LogP contribution in [0.4, 0.5) is 22.0 Å². The lowest BCUT2D eigenvalue weighted by Crippen LogP contribution is -2.16. The Hall–Kier alpha value is -1.14. The van der Waals surface area contributed by atoms with E-state index >= 15 is 0 Å². The molecule has 1 aromatic rings. The van der Waals surface area contributed by atoms with Crippen LogP contribution in [0.25, 0.3) is 0 Å². The van der Waals surface area contributed by atoms with Gasteiger partial charge in [0, 0.05) is 6.20 Å². The summed E-state index contributed by atoms with van der Waals surface area (Å²) in [5.41, 5.74) is -0.743.